The van der Waals surface area contributed by atoms with Gasteiger partial charge in [0.05, 0.1) is 0 Å². The molecule has 2 heteroatoms. The summed E-state index contributed by atoms with van der Waals surface area (Å²) in [5.74, 6) is 0.472. The SMILES string of the molecule is CC(C)C(N)c1ccc(-c2ccccc2C(C)(C)C)s1. The highest BCUT2D eigenvalue weighted by Crippen LogP contribution is 2.38. The fraction of sp³-hybridized carbons (Fsp3) is 0.444. The van der Waals surface area contributed by atoms with Crippen LogP contribution < -0.4 is 5.73 Å². The number of nitrogens with two attached hydrogens (primary N) is 1. The van der Waals surface area contributed by atoms with Crippen molar-refractivity contribution < 1.29 is 0 Å². The van der Waals surface area contributed by atoms with Crippen molar-refractivity contribution in [1.29, 1.82) is 0 Å². The van der Waals surface area contributed by atoms with E-state index >= 15 is 0 Å². The van der Waals surface area contributed by atoms with E-state index in [2.05, 4.69) is 71.0 Å². The molecule has 0 spiro atoms. The quantitative estimate of drug-likeness (QED) is 0.807. The first-order valence-electron chi connectivity index (χ1n) is 7.26. The summed E-state index contributed by atoms with van der Waals surface area (Å²) in [6.07, 6.45) is 0. The van der Waals surface area contributed by atoms with Crippen molar-refractivity contribution in [2.75, 3.05) is 0 Å². The molecule has 0 aliphatic heterocycles. The van der Waals surface area contributed by atoms with Crippen molar-refractivity contribution >= 4 is 11.3 Å². The standard InChI is InChI=1S/C18H25NS/c1-12(2)17(19)16-11-10-15(20-16)13-8-6-7-9-14(13)18(3,4)5/h6-12,17H,19H2,1-5H3. The van der Waals surface area contributed by atoms with Crippen LogP contribution in [-0.4, -0.2) is 0 Å². The third kappa shape index (κ3) is 3.13. The van der Waals surface area contributed by atoms with Crippen molar-refractivity contribution in [3.05, 3.63) is 46.8 Å². The molecule has 0 aliphatic rings. The number of thiophene rings is 1. The molecule has 1 heterocycles. The fourth-order valence-corrected chi connectivity index (χ4v) is 3.58. The Morgan fingerprint density at radius 1 is 1.00 bits per heavy atom. The molecule has 2 N–H and O–H groups in total. The molecule has 0 radical (unpaired) electrons. The minimum atomic E-state index is 0.135. The van der Waals surface area contributed by atoms with E-state index in [0.29, 0.717) is 5.92 Å². The third-order valence-corrected chi connectivity index (χ3v) is 4.89. The Hall–Kier alpha value is -1.12. The van der Waals surface area contributed by atoms with Crippen molar-refractivity contribution in [1.82, 2.24) is 0 Å². The molecule has 0 bridgehead atoms. The van der Waals surface area contributed by atoms with E-state index in [1.54, 1.807) is 0 Å². The van der Waals surface area contributed by atoms with Gasteiger partial charge in [0.1, 0.15) is 0 Å². The van der Waals surface area contributed by atoms with Crippen LogP contribution >= 0.6 is 11.3 Å². The summed E-state index contributed by atoms with van der Waals surface area (Å²) < 4.78 is 0. The molecule has 0 aliphatic carbocycles. The maximum absolute atomic E-state index is 6.26. The summed E-state index contributed by atoms with van der Waals surface area (Å²) in [4.78, 5) is 2.60. The molecule has 1 aromatic heterocycles. The summed E-state index contributed by atoms with van der Waals surface area (Å²) in [5.41, 5.74) is 9.15. The average molecular weight is 287 g/mol. The van der Waals surface area contributed by atoms with Crippen LogP contribution in [-0.2, 0) is 5.41 Å². The Bertz CT molecular complexity index is 575. The van der Waals surface area contributed by atoms with Crippen LogP contribution in [0.5, 0.6) is 0 Å². The minimum Gasteiger partial charge on any atom is -0.323 e. The smallest absolute Gasteiger partial charge is 0.0413 e. The lowest BCUT2D eigenvalue weighted by atomic mass is 9.83. The van der Waals surface area contributed by atoms with Crippen LogP contribution in [0.3, 0.4) is 0 Å². The van der Waals surface area contributed by atoms with Gasteiger partial charge < -0.3 is 5.73 Å². The predicted molar refractivity (Wildman–Crippen MR) is 90.2 cm³/mol. The van der Waals surface area contributed by atoms with Gasteiger partial charge in [-0.3, -0.25) is 0 Å². The second kappa shape index (κ2) is 5.71. The number of rotatable bonds is 3. The minimum absolute atomic E-state index is 0.135. The molecule has 0 saturated heterocycles. The Morgan fingerprint density at radius 3 is 2.25 bits per heavy atom. The van der Waals surface area contributed by atoms with Crippen molar-refractivity contribution in [3.63, 3.8) is 0 Å². The molecule has 2 aromatic rings. The average Bonchev–Trinajstić information content (AvgIpc) is 2.86. The molecular weight excluding hydrogens is 262 g/mol. The van der Waals surface area contributed by atoms with Crippen LogP contribution in [0.25, 0.3) is 10.4 Å². The molecule has 108 valence electrons. The molecule has 1 aromatic carbocycles. The number of hydrogen-bond acceptors (Lipinski definition) is 2. The summed E-state index contributed by atoms with van der Waals surface area (Å²) in [7, 11) is 0. The number of benzene rings is 1. The molecule has 1 atom stereocenters. The molecule has 0 fully saturated rings. The molecule has 0 amide bonds. The van der Waals surface area contributed by atoms with Gasteiger partial charge in [-0.2, -0.15) is 0 Å². The van der Waals surface area contributed by atoms with Gasteiger partial charge in [0.15, 0.2) is 0 Å². The first kappa shape index (κ1) is 15.3. The summed E-state index contributed by atoms with van der Waals surface area (Å²) in [5, 5.41) is 0. The maximum Gasteiger partial charge on any atom is 0.0413 e. The van der Waals surface area contributed by atoms with Gasteiger partial charge in [-0.25, -0.2) is 0 Å². The van der Waals surface area contributed by atoms with E-state index in [-0.39, 0.29) is 11.5 Å². The monoisotopic (exact) mass is 287 g/mol. The fourth-order valence-electron chi connectivity index (χ4n) is 2.36. The zero-order valence-electron chi connectivity index (χ0n) is 13.1. The zero-order chi connectivity index (χ0) is 14.9. The van der Waals surface area contributed by atoms with Gasteiger partial charge in [-0.05, 0) is 34.6 Å². The van der Waals surface area contributed by atoms with Gasteiger partial charge in [-0.1, -0.05) is 58.9 Å². The van der Waals surface area contributed by atoms with Crippen LogP contribution in [0.2, 0.25) is 0 Å². The van der Waals surface area contributed by atoms with E-state index < -0.39 is 0 Å². The first-order valence-corrected chi connectivity index (χ1v) is 8.07. The Morgan fingerprint density at radius 2 is 1.65 bits per heavy atom. The van der Waals surface area contributed by atoms with Crippen molar-refractivity contribution in [2.24, 2.45) is 11.7 Å². The molecule has 20 heavy (non-hydrogen) atoms. The van der Waals surface area contributed by atoms with E-state index in [1.807, 2.05) is 11.3 Å². The van der Waals surface area contributed by atoms with E-state index in [4.69, 9.17) is 5.73 Å². The normalized spacial score (nSPS) is 13.8. The number of hydrogen-bond donors (Lipinski definition) is 1. The van der Waals surface area contributed by atoms with Gasteiger partial charge in [0, 0.05) is 15.8 Å². The first-order chi connectivity index (χ1) is 9.30. The van der Waals surface area contributed by atoms with Crippen LogP contribution in [0, 0.1) is 5.92 Å². The summed E-state index contributed by atoms with van der Waals surface area (Å²) in [6.45, 7) is 11.1. The zero-order valence-corrected chi connectivity index (χ0v) is 13.9. The highest BCUT2D eigenvalue weighted by molar-refractivity contribution is 7.15. The topological polar surface area (TPSA) is 26.0 Å². The highest BCUT2D eigenvalue weighted by Gasteiger charge is 2.20. The van der Waals surface area contributed by atoms with E-state index in [1.165, 1.54) is 20.9 Å². The van der Waals surface area contributed by atoms with Gasteiger partial charge >= 0.3 is 0 Å². The van der Waals surface area contributed by atoms with Crippen LogP contribution in [0.15, 0.2) is 36.4 Å². The second-order valence-electron chi connectivity index (χ2n) is 6.77. The molecule has 1 nitrogen and oxygen atoms in total. The second-order valence-corrected chi connectivity index (χ2v) is 7.88. The van der Waals surface area contributed by atoms with Crippen molar-refractivity contribution in [3.8, 4) is 10.4 Å². The lowest BCUT2D eigenvalue weighted by molar-refractivity contribution is 0.521. The largest absolute Gasteiger partial charge is 0.323 e. The molecule has 0 saturated carbocycles. The predicted octanol–water partition coefficient (Wildman–Crippen LogP) is 5.37. The van der Waals surface area contributed by atoms with E-state index in [0.717, 1.165) is 0 Å². The summed E-state index contributed by atoms with van der Waals surface area (Å²) in [6, 6.07) is 13.2. The van der Waals surface area contributed by atoms with E-state index in [9.17, 15) is 0 Å². The Labute approximate surface area is 126 Å². The Balaban J connectivity index is 2.43. The van der Waals surface area contributed by atoms with Gasteiger partial charge in [0.25, 0.3) is 0 Å². The maximum atomic E-state index is 6.26. The Kier molecular flexibility index (Phi) is 4.36. The molecule has 1 unspecified atom stereocenters. The molecular formula is C18H25NS. The molecule has 2 rings (SSSR count). The van der Waals surface area contributed by atoms with Crippen LogP contribution in [0.1, 0.15) is 51.1 Å². The van der Waals surface area contributed by atoms with Gasteiger partial charge in [-0.15, -0.1) is 11.3 Å². The van der Waals surface area contributed by atoms with Crippen molar-refractivity contribution in [2.45, 2.75) is 46.1 Å². The lowest BCUT2D eigenvalue weighted by Gasteiger charge is -2.22. The summed E-state index contributed by atoms with van der Waals surface area (Å²) >= 11 is 1.83. The van der Waals surface area contributed by atoms with Gasteiger partial charge in [0.2, 0.25) is 0 Å². The highest BCUT2D eigenvalue weighted by atomic mass is 32.1. The lowest BCUT2D eigenvalue weighted by Crippen LogP contribution is -2.14. The third-order valence-electron chi connectivity index (χ3n) is 3.67. The van der Waals surface area contributed by atoms with Crippen LogP contribution in [0.4, 0.5) is 0 Å².